The van der Waals surface area contributed by atoms with Gasteiger partial charge >= 0.3 is 0 Å². The maximum absolute atomic E-state index is 11.0. The van der Waals surface area contributed by atoms with Crippen LogP contribution in [0.4, 0.5) is 5.13 Å². The predicted octanol–water partition coefficient (Wildman–Crippen LogP) is 4.78. The molecule has 2 fully saturated rings. The summed E-state index contributed by atoms with van der Waals surface area (Å²) in [6.07, 6.45) is 9.91. The van der Waals surface area contributed by atoms with Gasteiger partial charge in [-0.1, -0.05) is 39.5 Å². The molecule has 2 aliphatic rings. The van der Waals surface area contributed by atoms with Gasteiger partial charge in [0.1, 0.15) is 0 Å². The van der Waals surface area contributed by atoms with E-state index in [1.807, 2.05) is 6.92 Å². The van der Waals surface area contributed by atoms with E-state index in [0.29, 0.717) is 5.92 Å². The van der Waals surface area contributed by atoms with E-state index >= 15 is 0 Å². The number of fused-ring (bicyclic) bond motifs is 2. The molecule has 140 valence electrons. The fraction of sp³-hybridized carbons (Fsp3) is 0.800. The van der Waals surface area contributed by atoms with Gasteiger partial charge in [-0.2, -0.15) is 0 Å². The molecule has 2 saturated carbocycles. The van der Waals surface area contributed by atoms with E-state index in [1.165, 1.54) is 37.8 Å². The van der Waals surface area contributed by atoms with Crippen LogP contribution in [0.3, 0.4) is 0 Å². The van der Waals surface area contributed by atoms with Crippen molar-refractivity contribution in [2.75, 3.05) is 11.9 Å². The molecule has 5 unspecified atom stereocenters. The van der Waals surface area contributed by atoms with E-state index in [9.17, 15) is 4.79 Å². The molecule has 1 amide bonds. The number of unbranched alkanes of at least 4 members (excludes halogenated alkanes) is 1. The largest absolute Gasteiger partial charge is 0.369 e. The summed E-state index contributed by atoms with van der Waals surface area (Å²) in [5.74, 6) is 3.24. The first-order chi connectivity index (χ1) is 12.1. The fourth-order valence-corrected chi connectivity index (χ4v) is 5.92. The first-order valence-electron chi connectivity index (χ1n) is 10.1. The van der Waals surface area contributed by atoms with Crippen LogP contribution in [0.1, 0.15) is 76.8 Å². The Morgan fingerprint density at radius 1 is 1.44 bits per heavy atom. The highest BCUT2D eigenvalue weighted by atomic mass is 32.1. The lowest BCUT2D eigenvalue weighted by molar-refractivity contribution is -0.121. The van der Waals surface area contributed by atoms with E-state index in [2.05, 4.69) is 17.6 Å². The zero-order valence-corrected chi connectivity index (χ0v) is 16.5. The van der Waals surface area contributed by atoms with Crippen molar-refractivity contribution in [1.82, 2.24) is 4.98 Å². The smallest absolute Gasteiger partial charge is 0.220 e. The van der Waals surface area contributed by atoms with Gasteiger partial charge in [0.25, 0.3) is 0 Å². The van der Waals surface area contributed by atoms with Gasteiger partial charge in [-0.25, -0.2) is 4.98 Å². The predicted molar refractivity (Wildman–Crippen MR) is 105 cm³/mol. The molecule has 0 spiro atoms. The lowest BCUT2D eigenvalue weighted by Crippen LogP contribution is -2.21. The van der Waals surface area contributed by atoms with Gasteiger partial charge in [0, 0.05) is 23.8 Å². The van der Waals surface area contributed by atoms with Crippen LogP contribution in [0, 0.1) is 23.7 Å². The normalized spacial score (nSPS) is 29.5. The molecule has 1 heterocycles. The molecule has 2 aliphatic carbocycles. The van der Waals surface area contributed by atoms with Gasteiger partial charge in [-0.3, -0.25) is 4.79 Å². The van der Waals surface area contributed by atoms with Crippen LogP contribution in [-0.4, -0.2) is 17.4 Å². The number of thiazole rings is 1. The number of rotatable bonds is 9. The van der Waals surface area contributed by atoms with E-state index in [4.69, 9.17) is 10.7 Å². The SMILES string of the molecule is CCC1C2CCCC1C(c1csc(NCCCCC(C)C(N)=O)n1)C2. The van der Waals surface area contributed by atoms with E-state index in [1.54, 1.807) is 11.3 Å². The second-order valence-electron chi connectivity index (χ2n) is 8.07. The zero-order valence-electron chi connectivity index (χ0n) is 15.7. The average molecular weight is 364 g/mol. The molecule has 0 saturated heterocycles. The minimum Gasteiger partial charge on any atom is -0.369 e. The highest BCUT2D eigenvalue weighted by molar-refractivity contribution is 7.13. The van der Waals surface area contributed by atoms with Gasteiger partial charge in [0.2, 0.25) is 5.91 Å². The van der Waals surface area contributed by atoms with Crippen LogP contribution in [0.25, 0.3) is 0 Å². The van der Waals surface area contributed by atoms with E-state index in [0.717, 1.165) is 48.7 Å². The molecule has 0 radical (unpaired) electrons. The molecule has 1 aromatic rings. The molecule has 5 atom stereocenters. The Kier molecular flexibility index (Phi) is 6.37. The Morgan fingerprint density at radius 2 is 2.28 bits per heavy atom. The van der Waals surface area contributed by atoms with Crippen LogP contribution in [0.15, 0.2) is 5.38 Å². The molecule has 3 rings (SSSR count). The third-order valence-electron chi connectivity index (χ3n) is 6.54. The number of amides is 1. The maximum Gasteiger partial charge on any atom is 0.220 e. The van der Waals surface area contributed by atoms with Crippen molar-refractivity contribution in [3.63, 3.8) is 0 Å². The fourth-order valence-electron chi connectivity index (χ4n) is 5.11. The molecule has 0 aliphatic heterocycles. The number of hydrogen-bond acceptors (Lipinski definition) is 4. The second kappa shape index (κ2) is 8.52. The number of primary amides is 1. The quantitative estimate of drug-likeness (QED) is 0.621. The Hall–Kier alpha value is -1.10. The van der Waals surface area contributed by atoms with Crippen molar-refractivity contribution in [2.45, 2.75) is 71.1 Å². The van der Waals surface area contributed by atoms with Crippen LogP contribution < -0.4 is 11.1 Å². The average Bonchev–Trinajstić information content (AvgIpc) is 3.14. The summed E-state index contributed by atoms with van der Waals surface area (Å²) >= 11 is 1.75. The van der Waals surface area contributed by atoms with Crippen molar-refractivity contribution in [2.24, 2.45) is 29.4 Å². The van der Waals surface area contributed by atoms with Crippen molar-refractivity contribution < 1.29 is 4.79 Å². The van der Waals surface area contributed by atoms with Crippen LogP contribution in [0.2, 0.25) is 0 Å². The monoisotopic (exact) mass is 363 g/mol. The summed E-state index contributed by atoms with van der Waals surface area (Å²) in [7, 11) is 0. The molecular weight excluding hydrogens is 330 g/mol. The first kappa shape index (κ1) is 18.7. The molecule has 1 aromatic heterocycles. The first-order valence-corrected chi connectivity index (χ1v) is 11.0. The highest BCUT2D eigenvalue weighted by Crippen LogP contribution is 2.55. The van der Waals surface area contributed by atoms with Crippen molar-refractivity contribution in [3.05, 3.63) is 11.1 Å². The van der Waals surface area contributed by atoms with Crippen molar-refractivity contribution in [3.8, 4) is 0 Å². The number of nitrogens with zero attached hydrogens (tertiary/aromatic N) is 1. The number of carbonyl (C=O) groups is 1. The number of carbonyl (C=O) groups excluding carboxylic acids is 1. The minimum atomic E-state index is -0.190. The summed E-state index contributed by atoms with van der Waals surface area (Å²) in [6.45, 7) is 5.20. The Labute approximate surface area is 156 Å². The molecule has 5 heteroatoms. The minimum absolute atomic E-state index is 0.0142. The summed E-state index contributed by atoms with van der Waals surface area (Å²) in [5, 5.41) is 6.82. The van der Waals surface area contributed by atoms with E-state index < -0.39 is 0 Å². The third kappa shape index (κ3) is 4.36. The van der Waals surface area contributed by atoms with Gasteiger partial charge in [-0.15, -0.1) is 11.3 Å². The van der Waals surface area contributed by atoms with Gasteiger partial charge < -0.3 is 11.1 Å². The Morgan fingerprint density at radius 3 is 3.00 bits per heavy atom. The zero-order chi connectivity index (χ0) is 17.8. The van der Waals surface area contributed by atoms with E-state index in [-0.39, 0.29) is 11.8 Å². The summed E-state index contributed by atoms with van der Waals surface area (Å²) < 4.78 is 0. The Balaban J connectivity index is 1.46. The summed E-state index contributed by atoms with van der Waals surface area (Å²) in [6, 6.07) is 0. The number of nitrogens with two attached hydrogens (primary N) is 1. The lowest BCUT2D eigenvalue weighted by atomic mass is 9.75. The van der Waals surface area contributed by atoms with Gasteiger partial charge in [0.15, 0.2) is 5.13 Å². The summed E-state index contributed by atoms with van der Waals surface area (Å²) in [4.78, 5) is 16.0. The number of nitrogens with one attached hydrogen (secondary N) is 1. The van der Waals surface area contributed by atoms with Crippen molar-refractivity contribution in [1.29, 1.82) is 0 Å². The van der Waals surface area contributed by atoms with Crippen LogP contribution in [0.5, 0.6) is 0 Å². The Bertz CT molecular complexity index is 573. The molecule has 2 bridgehead atoms. The molecule has 4 nitrogen and oxygen atoms in total. The van der Waals surface area contributed by atoms with Crippen LogP contribution >= 0.6 is 11.3 Å². The molecule has 3 N–H and O–H groups in total. The topological polar surface area (TPSA) is 68.0 Å². The number of hydrogen-bond donors (Lipinski definition) is 2. The van der Waals surface area contributed by atoms with Crippen molar-refractivity contribution >= 4 is 22.4 Å². The number of aromatic nitrogens is 1. The van der Waals surface area contributed by atoms with Crippen LogP contribution in [-0.2, 0) is 4.79 Å². The third-order valence-corrected chi connectivity index (χ3v) is 7.36. The second-order valence-corrected chi connectivity index (χ2v) is 8.93. The summed E-state index contributed by atoms with van der Waals surface area (Å²) in [5.41, 5.74) is 6.63. The number of anilines is 1. The highest BCUT2D eigenvalue weighted by Gasteiger charge is 2.45. The van der Waals surface area contributed by atoms with Gasteiger partial charge in [0.05, 0.1) is 5.69 Å². The molecular formula is C20H33N3OS. The molecule has 0 aromatic carbocycles. The maximum atomic E-state index is 11.0. The molecule has 25 heavy (non-hydrogen) atoms. The van der Waals surface area contributed by atoms with Gasteiger partial charge in [-0.05, 0) is 43.4 Å². The standard InChI is InChI=1S/C20H33N3OS/c1-3-15-14-8-6-9-16(15)17(11-14)18-12-25-20(23-18)22-10-5-4-7-13(2)19(21)24/h12-17H,3-11H2,1-2H3,(H2,21,24)(H,22,23). The lowest BCUT2D eigenvalue weighted by Gasteiger charge is -2.30.